The van der Waals surface area contributed by atoms with E-state index in [2.05, 4.69) is 10.6 Å². The quantitative estimate of drug-likeness (QED) is 0.891. The van der Waals surface area contributed by atoms with Crippen LogP contribution >= 0.6 is 11.6 Å². The summed E-state index contributed by atoms with van der Waals surface area (Å²) in [6.07, 6.45) is 0. The van der Waals surface area contributed by atoms with Crippen LogP contribution in [0.25, 0.3) is 0 Å². The minimum absolute atomic E-state index is 0.0547. The van der Waals surface area contributed by atoms with Crippen molar-refractivity contribution in [3.63, 3.8) is 0 Å². The Bertz CT molecular complexity index is 653. The molecular weight excluding hydrogens is 291 g/mol. The van der Waals surface area contributed by atoms with E-state index in [1.807, 2.05) is 32.0 Å². The Labute approximate surface area is 128 Å². The molecule has 0 aliphatic heterocycles. The second-order valence-electron chi connectivity index (χ2n) is 4.79. The van der Waals surface area contributed by atoms with E-state index in [0.29, 0.717) is 5.69 Å². The number of carbonyl (C=O) groups excluding carboxylic acids is 1. The minimum Gasteiger partial charge on any atom is -0.375 e. The maximum absolute atomic E-state index is 12.9. The van der Waals surface area contributed by atoms with Crippen LogP contribution in [0.4, 0.5) is 15.8 Å². The van der Waals surface area contributed by atoms with Crippen LogP contribution in [0.15, 0.2) is 36.4 Å². The molecule has 0 spiro atoms. The number of anilines is 2. The van der Waals surface area contributed by atoms with Crippen LogP contribution in [0.1, 0.15) is 11.1 Å². The summed E-state index contributed by atoms with van der Waals surface area (Å²) in [5, 5.41) is 5.99. The Hall–Kier alpha value is -2.07. The smallest absolute Gasteiger partial charge is 0.243 e. The van der Waals surface area contributed by atoms with Crippen molar-refractivity contribution in [2.24, 2.45) is 0 Å². The van der Waals surface area contributed by atoms with Gasteiger partial charge in [0.2, 0.25) is 5.91 Å². The van der Waals surface area contributed by atoms with Crippen molar-refractivity contribution in [3.8, 4) is 0 Å². The number of amides is 1. The molecule has 1 amide bonds. The third-order valence-corrected chi connectivity index (χ3v) is 3.43. The molecule has 0 aromatic heterocycles. The molecule has 2 rings (SSSR count). The van der Waals surface area contributed by atoms with E-state index >= 15 is 0 Å². The Morgan fingerprint density at radius 2 is 1.86 bits per heavy atom. The van der Waals surface area contributed by atoms with Crippen molar-refractivity contribution in [1.82, 2.24) is 0 Å². The van der Waals surface area contributed by atoms with Crippen LogP contribution in [0.2, 0.25) is 5.02 Å². The summed E-state index contributed by atoms with van der Waals surface area (Å²) >= 11 is 5.89. The van der Waals surface area contributed by atoms with Crippen molar-refractivity contribution >= 4 is 28.9 Å². The van der Waals surface area contributed by atoms with Gasteiger partial charge in [-0.05, 0) is 43.2 Å². The number of benzene rings is 2. The van der Waals surface area contributed by atoms with Gasteiger partial charge in [-0.1, -0.05) is 29.8 Å². The van der Waals surface area contributed by atoms with Crippen LogP contribution in [0.3, 0.4) is 0 Å². The van der Waals surface area contributed by atoms with Gasteiger partial charge < -0.3 is 10.6 Å². The van der Waals surface area contributed by atoms with Gasteiger partial charge in [0.15, 0.2) is 0 Å². The second-order valence-corrected chi connectivity index (χ2v) is 5.20. The van der Waals surface area contributed by atoms with Crippen molar-refractivity contribution in [2.45, 2.75) is 13.8 Å². The molecule has 3 nitrogen and oxygen atoms in total. The van der Waals surface area contributed by atoms with E-state index in [4.69, 9.17) is 11.6 Å². The predicted molar refractivity (Wildman–Crippen MR) is 84.4 cm³/mol. The maximum Gasteiger partial charge on any atom is 0.243 e. The third kappa shape index (κ3) is 3.95. The van der Waals surface area contributed by atoms with E-state index in [1.54, 1.807) is 0 Å². The molecular formula is C16H16ClFN2O. The lowest BCUT2D eigenvalue weighted by Gasteiger charge is -2.13. The molecule has 0 saturated heterocycles. The maximum atomic E-state index is 12.9. The largest absolute Gasteiger partial charge is 0.375 e. The van der Waals surface area contributed by atoms with Crippen molar-refractivity contribution < 1.29 is 9.18 Å². The highest BCUT2D eigenvalue weighted by Crippen LogP contribution is 2.22. The Kier molecular flexibility index (Phi) is 4.81. The molecule has 0 atom stereocenters. The zero-order valence-electron chi connectivity index (χ0n) is 11.8. The highest BCUT2D eigenvalue weighted by molar-refractivity contribution is 6.33. The number of halogens is 2. The molecule has 0 unspecified atom stereocenters. The number of carbonyl (C=O) groups is 1. The van der Waals surface area contributed by atoms with Gasteiger partial charge in [-0.15, -0.1) is 0 Å². The average Bonchev–Trinajstić information content (AvgIpc) is 2.42. The second kappa shape index (κ2) is 6.59. The Morgan fingerprint density at radius 1 is 1.19 bits per heavy atom. The SMILES string of the molecule is Cc1cccc(C)c1NC(=O)CNc1ccc(F)cc1Cl. The monoisotopic (exact) mass is 306 g/mol. The Balaban J connectivity index is 1.99. The minimum atomic E-state index is -0.412. The first-order valence-corrected chi connectivity index (χ1v) is 6.90. The molecule has 21 heavy (non-hydrogen) atoms. The van der Waals surface area contributed by atoms with Crippen LogP contribution < -0.4 is 10.6 Å². The van der Waals surface area contributed by atoms with Crippen molar-refractivity contribution in [3.05, 3.63) is 58.4 Å². The van der Waals surface area contributed by atoms with Gasteiger partial charge in [-0.2, -0.15) is 0 Å². The first-order chi connectivity index (χ1) is 9.97. The lowest BCUT2D eigenvalue weighted by atomic mass is 10.1. The van der Waals surface area contributed by atoms with Crippen molar-refractivity contribution in [2.75, 3.05) is 17.2 Å². The normalized spacial score (nSPS) is 10.3. The van der Waals surface area contributed by atoms with Gasteiger partial charge in [-0.3, -0.25) is 4.79 Å². The number of nitrogens with one attached hydrogen (secondary N) is 2. The topological polar surface area (TPSA) is 41.1 Å². The van der Waals surface area contributed by atoms with E-state index < -0.39 is 5.82 Å². The van der Waals surface area contributed by atoms with Gasteiger partial charge in [0.1, 0.15) is 5.82 Å². The van der Waals surface area contributed by atoms with E-state index in [-0.39, 0.29) is 17.5 Å². The van der Waals surface area contributed by atoms with Crippen LogP contribution in [0, 0.1) is 19.7 Å². The number of hydrogen-bond acceptors (Lipinski definition) is 2. The summed E-state index contributed by atoms with van der Waals surface area (Å²) in [5.41, 5.74) is 3.34. The van der Waals surface area contributed by atoms with Crippen LogP contribution in [-0.4, -0.2) is 12.5 Å². The van der Waals surface area contributed by atoms with Gasteiger partial charge in [0, 0.05) is 5.69 Å². The summed E-state index contributed by atoms with van der Waals surface area (Å²) in [7, 11) is 0. The molecule has 0 fully saturated rings. The summed E-state index contributed by atoms with van der Waals surface area (Å²) in [6.45, 7) is 3.93. The lowest BCUT2D eigenvalue weighted by molar-refractivity contribution is -0.114. The molecule has 0 radical (unpaired) electrons. The molecule has 5 heteroatoms. The molecule has 0 heterocycles. The highest BCUT2D eigenvalue weighted by atomic mass is 35.5. The first kappa shape index (κ1) is 15.3. The fourth-order valence-electron chi connectivity index (χ4n) is 2.00. The Morgan fingerprint density at radius 3 is 2.48 bits per heavy atom. The summed E-state index contributed by atoms with van der Waals surface area (Å²) in [4.78, 5) is 12.0. The molecule has 0 saturated carbocycles. The van der Waals surface area contributed by atoms with Crippen LogP contribution in [0.5, 0.6) is 0 Å². The zero-order valence-corrected chi connectivity index (χ0v) is 12.6. The summed E-state index contributed by atoms with van der Waals surface area (Å²) in [6, 6.07) is 9.81. The summed E-state index contributed by atoms with van der Waals surface area (Å²) in [5.74, 6) is -0.599. The fourth-order valence-corrected chi connectivity index (χ4v) is 2.24. The molecule has 0 aliphatic rings. The number of rotatable bonds is 4. The van der Waals surface area contributed by atoms with E-state index in [0.717, 1.165) is 16.8 Å². The number of aryl methyl sites for hydroxylation is 2. The molecule has 0 aliphatic carbocycles. The molecule has 110 valence electrons. The fraction of sp³-hybridized carbons (Fsp3) is 0.188. The summed E-state index contributed by atoms with van der Waals surface area (Å²) < 4.78 is 12.9. The standard InChI is InChI=1S/C16H16ClFN2O/c1-10-4-3-5-11(2)16(10)20-15(21)9-19-14-7-6-12(18)8-13(14)17/h3-8,19H,9H2,1-2H3,(H,20,21). The molecule has 2 aromatic rings. The lowest BCUT2D eigenvalue weighted by Crippen LogP contribution is -2.22. The van der Waals surface area contributed by atoms with Crippen molar-refractivity contribution in [1.29, 1.82) is 0 Å². The highest BCUT2D eigenvalue weighted by Gasteiger charge is 2.08. The average molecular weight is 307 g/mol. The van der Waals surface area contributed by atoms with Crippen LogP contribution in [-0.2, 0) is 4.79 Å². The third-order valence-electron chi connectivity index (χ3n) is 3.12. The zero-order chi connectivity index (χ0) is 15.4. The molecule has 2 aromatic carbocycles. The van der Waals surface area contributed by atoms with E-state index in [9.17, 15) is 9.18 Å². The van der Waals surface area contributed by atoms with Gasteiger partial charge in [0.05, 0.1) is 17.3 Å². The molecule has 0 bridgehead atoms. The molecule has 2 N–H and O–H groups in total. The van der Waals surface area contributed by atoms with E-state index in [1.165, 1.54) is 18.2 Å². The van der Waals surface area contributed by atoms with Gasteiger partial charge in [0.25, 0.3) is 0 Å². The number of para-hydroxylation sites is 1. The van der Waals surface area contributed by atoms with Gasteiger partial charge >= 0.3 is 0 Å². The first-order valence-electron chi connectivity index (χ1n) is 6.52. The predicted octanol–water partition coefficient (Wildman–Crippen LogP) is 4.15. The van der Waals surface area contributed by atoms with Gasteiger partial charge in [-0.25, -0.2) is 4.39 Å². The number of hydrogen-bond donors (Lipinski definition) is 2.